The number of carbonyl (C=O) groups is 1. The van der Waals surface area contributed by atoms with E-state index in [0.29, 0.717) is 13.0 Å². The van der Waals surface area contributed by atoms with Crippen molar-refractivity contribution in [3.63, 3.8) is 0 Å². The molecule has 2 aromatic carbocycles. The molecule has 0 radical (unpaired) electrons. The van der Waals surface area contributed by atoms with E-state index in [2.05, 4.69) is 23.6 Å². The molecule has 0 aliphatic heterocycles. The molecule has 2 N–H and O–H groups in total. The monoisotopic (exact) mass is 326 g/mol. The van der Waals surface area contributed by atoms with Gasteiger partial charge in [-0.05, 0) is 67.8 Å². The molecule has 0 saturated heterocycles. The first-order valence-electron chi connectivity index (χ1n) is 8.29. The standard InChI is InChI=1S/C20H26N2O2/c1-15-7-8-18(13-16(15)2)22-20(23)10-12-21-11-9-17-5-4-6-19(14-17)24-3/h4-8,13-14,21H,9-12H2,1-3H3,(H,22,23). The van der Waals surface area contributed by atoms with Crippen LogP contribution in [0.4, 0.5) is 5.69 Å². The van der Waals surface area contributed by atoms with Gasteiger partial charge in [-0.15, -0.1) is 0 Å². The molecule has 0 fully saturated rings. The van der Waals surface area contributed by atoms with Gasteiger partial charge in [-0.3, -0.25) is 4.79 Å². The molecule has 0 aliphatic rings. The number of hydrogen-bond acceptors (Lipinski definition) is 3. The van der Waals surface area contributed by atoms with Crippen molar-refractivity contribution in [2.75, 3.05) is 25.5 Å². The van der Waals surface area contributed by atoms with Gasteiger partial charge < -0.3 is 15.4 Å². The Bertz CT molecular complexity index is 683. The van der Waals surface area contributed by atoms with Gasteiger partial charge in [0.25, 0.3) is 0 Å². The summed E-state index contributed by atoms with van der Waals surface area (Å²) in [6, 6.07) is 14.0. The van der Waals surface area contributed by atoms with Gasteiger partial charge in [0, 0.05) is 18.7 Å². The summed E-state index contributed by atoms with van der Waals surface area (Å²) in [6.45, 7) is 5.61. The first kappa shape index (κ1) is 18.0. The molecule has 0 spiro atoms. The van der Waals surface area contributed by atoms with Crippen molar-refractivity contribution in [1.29, 1.82) is 0 Å². The number of rotatable bonds is 8. The number of nitrogens with one attached hydrogen (secondary N) is 2. The number of anilines is 1. The second kappa shape index (κ2) is 9.08. The van der Waals surface area contributed by atoms with E-state index in [0.717, 1.165) is 24.4 Å². The average molecular weight is 326 g/mol. The van der Waals surface area contributed by atoms with E-state index in [1.165, 1.54) is 16.7 Å². The fourth-order valence-corrected chi connectivity index (χ4v) is 2.43. The van der Waals surface area contributed by atoms with Crippen molar-refractivity contribution >= 4 is 11.6 Å². The fraction of sp³-hybridized carbons (Fsp3) is 0.350. The minimum absolute atomic E-state index is 0.0344. The molecule has 0 aromatic heterocycles. The molecule has 24 heavy (non-hydrogen) atoms. The number of amides is 1. The van der Waals surface area contributed by atoms with Crippen LogP contribution in [0.3, 0.4) is 0 Å². The molecule has 0 aliphatic carbocycles. The fourth-order valence-electron chi connectivity index (χ4n) is 2.43. The molecule has 4 heteroatoms. The summed E-state index contributed by atoms with van der Waals surface area (Å²) in [5, 5.41) is 6.25. The average Bonchev–Trinajstić information content (AvgIpc) is 2.58. The molecule has 0 heterocycles. The molecule has 128 valence electrons. The van der Waals surface area contributed by atoms with Crippen molar-refractivity contribution in [2.24, 2.45) is 0 Å². The van der Waals surface area contributed by atoms with E-state index in [1.54, 1.807) is 7.11 Å². The zero-order valence-corrected chi connectivity index (χ0v) is 14.7. The van der Waals surface area contributed by atoms with Gasteiger partial charge in [0.15, 0.2) is 0 Å². The van der Waals surface area contributed by atoms with Crippen LogP contribution < -0.4 is 15.4 Å². The van der Waals surface area contributed by atoms with Crippen LogP contribution in [-0.2, 0) is 11.2 Å². The number of hydrogen-bond donors (Lipinski definition) is 2. The summed E-state index contributed by atoms with van der Waals surface area (Å²) in [5.41, 5.74) is 4.50. The number of ether oxygens (including phenoxy) is 1. The lowest BCUT2D eigenvalue weighted by Crippen LogP contribution is -2.23. The van der Waals surface area contributed by atoms with Crippen molar-refractivity contribution in [2.45, 2.75) is 26.7 Å². The predicted octanol–water partition coefficient (Wildman–Crippen LogP) is 3.47. The van der Waals surface area contributed by atoms with Crippen molar-refractivity contribution in [3.8, 4) is 5.75 Å². The van der Waals surface area contributed by atoms with E-state index < -0.39 is 0 Å². The molecular formula is C20H26N2O2. The predicted molar refractivity (Wildman–Crippen MR) is 98.7 cm³/mol. The van der Waals surface area contributed by atoms with Gasteiger partial charge in [0.2, 0.25) is 5.91 Å². The largest absolute Gasteiger partial charge is 0.497 e. The molecule has 0 bridgehead atoms. The van der Waals surface area contributed by atoms with Crippen LogP contribution in [0.1, 0.15) is 23.1 Å². The van der Waals surface area contributed by atoms with Crippen molar-refractivity contribution < 1.29 is 9.53 Å². The molecule has 2 rings (SSSR count). The molecule has 2 aromatic rings. The van der Waals surface area contributed by atoms with E-state index in [4.69, 9.17) is 4.74 Å². The Balaban J connectivity index is 1.66. The third-order valence-corrected chi connectivity index (χ3v) is 4.04. The zero-order chi connectivity index (χ0) is 17.4. The van der Waals surface area contributed by atoms with Gasteiger partial charge in [-0.1, -0.05) is 18.2 Å². The zero-order valence-electron chi connectivity index (χ0n) is 14.7. The molecule has 1 amide bonds. The van der Waals surface area contributed by atoms with Crippen LogP contribution >= 0.6 is 0 Å². The quantitative estimate of drug-likeness (QED) is 0.730. The molecule has 0 unspecified atom stereocenters. The van der Waals surface area contributed by atoms with Gasteiger partial charge in [-0.25, -0.2) is 0 Å². The Labute approximate surface area is 144 Å². The van der Waals surface area contributed by atoms with Crippen LogP contribution in [0.15, 0.2) is 42.5 Å². The Kier molecular flexibility index (Phi) is 6.82. The van der Waals surface area contributed by atoms with Crippen LogP contribution in [0.5, 0.6) is 5.75 Å². The van der Waals surface area contributed by atoms with Gasteiger partial charge in [-0.2, -0.15) is 0 Å². The summed E-state index contributed by atoms with van der Waals surface area (Å²) in [4.78, 5) is 12.0. The topological polar surface area (TPSA) is 50.4 Å². The first-order valence-corrected chi connectivity index (χ1v) is 8.29. The highest BCUT2D eigenvalue weighted by molar-refractivity contribution is 5.90. The maximum absolute atomic E-state index is 12.0. The maximum Gasteiger partial charge on any atom is 0.225 e. The summed E-state index contributed by atoms with van der Waals surface area (Å²) in [6.07, 6.45) is 1.38. The van der Waals surface area contributed by atoms with Gasteiger partial charge in [0.05, 0.1) is 7.11 Å². The second-order valence-electron chi connectivity index (χ2n) is 5.95. The Hall–Kier alpha value is -2.33. The lowest BCUT2D eigenvalue weighted by Gasteiger charge is -2.09. The molecule has 0 atom stereocenters. The Morgan fingerprint density at radius 1 is 1.04 bits per heavy atom. The number of methoxy groups -OCH3 is 1. The Morgan fingerprint density at radius 3 is 2.62 bits per heavy atom. The smallest absolute Gasteiger partial charge is 0.225 e. The lowest BCUT2D eigenvalue weighted by atomic mass is 10.1. The highest BCUT2D eigenvalue weighted by atomic mass is 16.5. The molecule has 4 nitrogen and oxygen atoms in total. The number of carbonyl (C=O) groups excluding carboxylic acids is 1. The van der Waals surface area contributed by atoms with Crippen LogP contribution in [-0.4, -0.2) is 26.1 Å². The SMILES string of the molecule is COc1cccc(CCNCCC(=O)Nc2ccc(C)c(C)c2)c1. The highest BCUT2D eigenvalue weighted by Gasteiger charge is 2.03. The number of aryl methyl sites for hydroxylation is 2. The van der Waals surface area contributed by atoms with Crippen molar-refractivity contribution in [3.05, 3.63) is 59.2 Å². The van der Waals surface area contributed by atoms with Crippen molar-refractivity contribution in [1.82, 2.24) is 5.32 Å². The molecular weight excluding hydrogens is 300 g/mol. The lowest BCUT2D eigenvalue weighted by molar-refractivity contribution is -0.116. The van der Waals surface area contributed by atoms with Crippen LogP contribution in [0, 0.1) is 13.8 Å². The van der Waals surface area contributed by atoms with Crippen LogP contribution in [0.25, 0.3) is 0 Å². The summed E-state index contributed by atoms with van der Waals surface area (Å²) < 4.78 is 5.21. The van der Waals surface area contributed by atoms with E-state index in [9.17, 15) is 4.79 Å². The Morgan fingerprint density at radius 2 is 1.88 bits per heavy atom. The third kappa shape index (κ3) is 5.70. The second-order valence-corrected chi connectivity index (χ2v) is 5.95. The van der Waals surface area contributed by atoms with E-state index in [-0.39, 0.29) is 5.91 Å². The van der Waals surface area contributed by atoms with Gasteiger partial charge >= 0.3 is 0 Å². The summed E-state index contributed by atoms with van der Waals surface area (Å²) >= 11 is 0. The first-order chi connectivity index (χ1) is 11.6. The molecule has 0 saturated carbocycles. The van der Waals surface area contributed by atoms with E-state index >= 15 is 0 Å². The minimum atomic E-state index is 0.0344. The summed E-state index contributed by atoms with van der Waals surface area (Å²) in [5.74, 6) is 0.910. The van der Waals surface area contributed by atoms with Gasteiger partial charge in [0.1, 0.15) is 5.75 Å². The highest BCUT2D eigenvalue weighted by Crippen LogP contribution is 2.14. The van der Waals surface area contributed by atoms with E-state index in [1.807, 2.05) is 43.3 Å². The van der Waals surface area contributed by atoms with Crippen LogP contribution in [0.2, 0.25) is 0 Å². The minimum Gasteiger partial charge on any atom is -0.497 e. The maximum atomic E-state index is 12.0. The normalized spacial score (nSPS) is 10.5. The summed E-state index contributed by atoms with van der Waals surface area (Å²) in [7, 11) is 1.67. The number of benzene rings is 2. The third-order valence-electron chi connectivity index (χ3n) is 4.04.